The van der Waals surface area contributed by atoms with Gasteiger partial charge in [0.25, 0.3) is 0 Å². The first-order valence-corrected chi connectivity index (χ1v) is 9.68. The fraction of sp³-hybridized carbons (Fsp3) is 0.182. The highest BCUT2D eigenvalue weighted by Gasteiger charge is 2.11. The van der Waals surface area contributed by atoms with E-state index in [0.717, 1.165) is 39.8 Å². The molecule has 0 radical (unpaired) electrons. The highest BCUT2D eigenvalue weighted by Crippen LogP contribution is 2.30. The molecule has 2 aromatic heterocycles. The monoisotopic (exact) mass is 401 g/mol. The quantitative estimate of drug-likeness (QED) is 0.386. The van der Waals surface area contributed by atoms with Crippen LogP contribution in [0.25, 0.3) is 22.3 Å². The van der Waals surface area contributed by atoms with E-state index in [2.05, 4.69) is 30.8 Å². The number of nitrogens with one attached hydrogen (secondary N) is 3. The fourth-order valence-corrected chi connectivity index (χ4v) is 3.30. The molecule has 0 amide bonds. The number of aromatic nitrogens is 4. The fourth-order valence-electron chi connectivity index (χ4n) is 3.30. The maximum Gasteiger partial charge on any atom is 0.161 e. The van der Waals surface area contributed by atoms with E-state index in [1.54, 1.807) is 12.4 Å². The summed E-state index contributed by atoms with van der Waals surface area (Å²) in [6.45, 7) is 0.639. The molecule has 152 valence electrons. The Morgan fingerprint density at radius 1 is 1.17 bits per heavy atom. The van der Waals surface area contributed by atoms with Gasteiger partial charge in [-0.3, -0.25) is 5.10 Å². The number of nitrogens with zero attached hydrogens (tertiary/aromatic N) is 4. The molecule has 0 aliphatic heterocycles. The van der Waals surface area contributed by atoms with Gasteiger partial charge in [0.15, 0.2) is 5.82 Å². The van der Waals surface area contributed by atoms with Crippen LogP contribution in [0.15, 0.2) is 54.9 Å². The molecule has 8 heteroatoms. The smallest absolute Gasteiger partial charge is 0.161 e. The number of carbonyl (C=O) groups excluding carboxylic acids is 1. The van der Waals surface area contributed by atoms with Gasteiger partial charge in [0, 0.05) is 49.9 Å². The number of rotatable bonds is 8. The Hall–Kier alpha value is -3.94. The van der Waals surface area contributed by atoms with E-state index in [-0.39, 0.29) is 0 Å². The van der Waals surface area contributed by atoms with Crippen molar-refractivity contribution in [2.24, 2.45) is 0 Å². The minimum absolute atomic E-state index is 0.473. The van der Waals surface area contributed by atoms with E-state index in [1.807, 2.05) is 61.5 Å². The molecule has 8 nitrogen and oxygen atoms in total. The molecule has 3 N–H and O–H groups in total. The number of benzene rings is 2. The standard InChI is InChI=1S/C22H23N7O/c1-23-19-6-4-15(13-20(19)29(2)10-3-11-30)22-24-9-8-21(27-22)26-17-5-7-18-16(12-17)14-25-28-18/h4-9,11-14,23H,3,10H2,1-2H3,(H,25,28)(H,24,26,27). The maximum absolute atomic E-state index is 10.8. The molecule has 0 saturated carbocycles. The second kappa shape index (κ2) is 8.60. The third-order valence-corrected chi connectivity index (χ3v) is 4.89. The molecule has 4 rings (SSSR count). The molecule has 4 aromatic rings. The average molecular weight is 401 g/mol. The summed E-state index contributed by atoms with van der Waals surface area (Å²) in [5.41, 5.74) is 4.78. The molecule has 0 bridgehead atoms. The molecular weight excluding hydrogens is 378 g/mol. The topological polar surface area (TPSA) is 98.8 Å². The molecule has 0 saturated heterocycles. The average Bonchev–Trinajstić information content (AvgIpc) is 3.25. The Balaban J connectivity index is 1.61. The van der Waals surface area contributed by atoms with Crippen molar-refractivity contribution >= 4 is 40.1 Å². The van der Waals surface area contributed by atoms with Crippen LogP contribution in [0.1, 0.15) is 6.42 Å². The zero-order chi connectivity index (χ0) is 20.9. The summed E-state index contributed by atoms with van der Waals surface area (Å²) in [6, 6.07) is 13.8. The number of fused-ring (bicyclic) bond motifs is 1. The number of aromatic amines is 1. The molecule has 0 spiro atoms. The predicted molar refractivity (Wildman–Crippen MR) is 120 cm³/mol. The van der Waals surface area contributed by atoms with Crippen molar-refractivity contribution in [3.8, 4) is 11.4 Å². The van der Waals surface area contributed by atoms with Crippen LogP contribution in [-0.2, 0) is 4.79 Å². The largest absolute Gasteiger partial charge is 0.386 e. The molecule has 0 aliphatic rings. The predicted octanol–water partition coefficient (Wildman–Crippen LogP) is 3.83. The van der Waals surface area contributed by atoms with Gasteiger partial charge in [0.05, 0.1) is 23.1 Å². The number of hydrogen-bond acceptors (Lipinski definition) is 7. The number of anilines is 4. The molecule has 2 heterocycles. The van der Waals surface area contributed by atoms with Crippen molar-refractivity contribution in [3.63, 3.8) is 0 Å². The van der Waals surface area contributed by atoms with Crippen LogP contribution < -0.4 is 15.5 Å². The minimum Gasteiger partial charge on any atom is -0.386 e. The summed E-state index contributed by atoms with van der Waals surface area (Å²) in [7, 11) is 3.85. The van der Waals surface area contributed by atoms with Crippen LogP contribution in [0.3, 0.4) is 0 Å². The summed E-state index contributed by atoms with van der Waals surface area (Å²) >= 11 is 0. The van der Waals surface area contributed by atoms with Gasteiger partial charge in [-0.05, 0) is 42.5 Å². The summed E-state index contributed by atoms with van der Waals surface area (Å²) in [5.74, 6) is 1.33. The van der Waals surface area contributed by atoms with Crippen molar-refractivity contribution in [1.82, 2.24) is 20.2 Å². The van der Waals surface area contributed by atoms with E-state index in [1.165, 1.54) is 0 Å². The first kappa shape index (κ1) is 19.4. The summed E-state index contributed by atoms with van der Waals surface area (Å²) in [6.07, 6.45) is 4.93. The van der Waals surface area contributed by atoms with Crippen LogP contribution in [0.2, 0.25) is 0 Å². The second-order valence-corrected chi connectivity index (χ2v) is 6.92. The van der Waals surface area contributed by atoms with E-state index in [0.29, 0.717) is 24.6 Å². The lowest BCUT2D eigenvalue weighted by atomic mass is 10.1. The maximum atomic E-state index is 10.8. The third-order valence-electron chi connectivity index (χ3n) is 4.89. The Labute approximate surface area is 174 Å². The van der Waals surface area contributed by atoms with Gasteiger partial charge in [0.2, 0.25) is 0 Å². The van der Waals surface area contributed by atoms with Gasteiger partial charge in [-0.1, -0.05) is 0 Å². The van der Waals surface area contributed by atoms with Gasteiger partial charge in [-0.15, -0.1) is 0 Å². The van der Waals surface area contributed by atoms with Crippen molar-refractivity contribution in [2.75, 3.05) is 36.2 Å². The lowest BCUT2D eigenvalue weighted by molar-refractivity contribution is -0.107. The van der Waals surface area contributed by atoms with Crippen molar-refractivity contribution in [3.05, 3.63) is 54.9 Å². The van der Waals surface area contributed by atoms with Crippen LogP contribution in [0, 0.1) is 0 Å². The normalized spacial score (nSPS) is 10.7. The minimum atomic E-state index is 0.473. The lowest BCUT2D eigenvalue weighted by Crippen LogP contribution is -2.20. The zero-order valence-electron chi connectivity index (χ0n) is 16.9. The number of H-pyrrole nitrogens is 1. The van der Waals surface area contributed by atoms with Crippen molar-refractivity contribution in [2.45, 2.75) is 6.42 Å². The first-order chi connectivity index (χ1) is 14.7. The highest BCUT2D eigenvalue weighted by atomic mass is 16.1. The van der Waals surface area contributed by atoms with E-state index in [4.69, 9.17) is 0 Å². The molecule has 0 fully saturated rings. The van der Waals surface area contributed by atoms with Gasteiger partial charge in [0.1, 0.15) is 12.1 Å². The van der Waals surface area contributed by atoms with E-state index in [9.17, 15) is 4.79 Å². The number of aldehydes is 1. The van der Waals surface area contributed by atoms with Crippen molar-refractivity contribution < 1.29 is 4.79 Å². The van der Waals surface area contributed by atoms with Crippen LogP contribution in [0.4, 0.5) is 22.9 Å². The molecule has 30 heavy (non-hydrogen) atoms. The van der Waals surface area contributed by atoms with Crippen LogP contribution >= 0.6 is 0 Å². The van der Waals surface area contributed by atoms with Gasteiger partial charge in [-0.2, -0.15) is 5.10 Å². The molecule has 2 aromatic carbocycles. The lowest BCUT2D eigenvalue weighted by Gasteiger charge is -2.22. The van der Waals surface area contributed by atoms with Gasteiger partial charge >= 0.3 is 0 Å². The Kier molecular flexibility index (Phi) is 5.56. The summed E-state index contributed by atoms with van der Waals surface area (Å²) in [5, 5.41) is 14.6. The van der Waals surface area contributed by atoms with Gasteiger partial charge < -0.3 is 20.3 Å². The summed E-state index contributed by atoms with van der Waals surface area (Å²) in [4.78, 5) is 21.9. The highest BCUT2D eigenvalue weighted by molar-refractivity contribution is 5.83. The third kappa shape index (κ3) is 4.07. The molecule has 0 aliphatic carbocycles. The van der Waals surface area contributed by atoms with Crippen molar-refractivity contribution in [1.29, 1.82) is 0 Å². The molecule has 0 atom stereocenters. The van der Waals surface area contributed by atoms with Crippen LogP contribution in [-0.4, -0.2) is 47.1 Å². The second-order valence-electron chi connectivity index (χ2n) is 6.92. The first-order valence-electron chi connectivity index (χ1n) is 9.68. The Morgan fingerprint density at radius 3 is 2.90 bits per heavy atom. The Morgan fingerprint density at radius 2 is 2.07 bits per heavy atom. The SMILES string of the molecule is CNc1ccc(-c2nccc(Nc3ccc4[nH]ncc4c3)n2)cc1N(C)CCC=O. The Bertz CT molecular complexity index is 1170. The van der Waals surface area contributed by atoms with E-state index >= 15 is 0 Å². The van der Waals surface area contributed by atoms with Crippen LogP contribution in [0.5, 0.6) is 0 Å². The molecule has 0 unspecified atom stereocenters. The van der Waals surface area contributed by atoms with E-state index < -0.39 is 0 Å². The number of carbonyl (C=O) groups is 1. The zero-order valence-corrected chi connectivity index (χ0v) is 16.9. The molecular formula is C22H23N7O. The van der Waals surface area contributed by atoms with Gasteiger partial charge in [-0.25, -0.2) is 9.97 Å². The summed E-state index contributed by atoms with van der Waals surface area (Å²) < 4.78 is 0. The number of hydrogen-bond donors (Lipinski definition) is 3.